The molecule has 1 aliphatic carbocycles. The zero-order chi connectivity index (χ0) is 16.2. The molecule has 0 radical (unpaired) electrons. The summed E-state index contributed by atoms with van der Waals surface area (Å²) in [5.74, 6) is -0.352. The number of allylic oxidation sites excluding steroid dienone is 4. The smallest absolute Gasteiger partial charge is 0.280 e. The van der Waals surface area contributed by atoms with Gasteiger partial charge >= 0.3 is 0 Å². The molecule has 2 N–H and O–H groups in total. The highest BCUT2D eigenvalue weighted by atomic mass is 19.1. The van der Waals surface area contributed by atoms with Gasteiger partial charge in [0.15, 0.2) is 5.76 Å². The van der Waals surface area contributed by atoms with Crippen LogP contribution in [0.4, 0.5) is 4.39 Å². The second-order valence-corrected chi connectivity index (χ2v) is 5.17. The molecular formula is C17H15FN2O3. The van der Waals surface area contributed by atoms with Crippen molar-refractivity contribution >= 4 is 11.8 Å². The van der Waals surface area contributed by atoms with Gasteiger partial charge in [0.25, 0.3) is 11.8 Å². The Bertz CT molecular complexity index is 733. The van der Waals surface area contributed by atoms with Gasteiger partial charge in [0.05, 0.1) is 0 Å². The van der Waals surface area contributed by atoms with E-state index in [1.54, 1.807) is 6.08 Å². The van der Waals surface area contributed by atoms with Gasteiger partial charge in [0.1, 0.15) is 5.82 Å². The number of amides is 2. The Morgan fingerprint density at radius 1 is 1.30 bits per heavy atom. The van der Waals surface area contributed by atoms with Crippen LogP contribution >= 0.6 is 0 Å². The van der Waals surface area contributed by atoms with E-state index in [0.29, 0.717) is 36.3 Å². The van der Waals surface area contributed by atoms with E-state index in [9.17, 15) is 14.0 Å². The second-order valence-electron chi connectivity index (χ2n) is 5.17. The molecule has 1 aliphatic heterocycles. The zero-order valence-electron chi connectivity index (χ0n) is 12.3. The highest BCUT2D eigenvalue weighted by molar-refractivity contribution is 5.96. The van der Waals surface area contributed by atoms with E-state index < -0.39 is 5.82 Å². The molecule has 0 atom stereocenters. The molecule has 2 amide bonds. The molecule has 0 aromatic heterocycles. The monoisotopic (exact) mass is 314 g/mol. The van der Waals surface area contributed by atoms with Crippen LogP contribution in [-0.4, -0.2) is 18.4 Å². The predicted molar refractivity (Wildman–Crippen MR) is 81.4 cm³/mol. The third-order valence-corrected chi connectivity index (χ3v) is 3.66. The van der Waals surface area contributed by atoms with Crippen LogP contribution in [0.2, 0.25) is 0 Å². The van der Waals surface area contributed by atoms with Crippen LogP contribution in [0, 0.1) is 5.82 Å². The number of benzene rings is 1. The molecule has 0 saturated heterocycles. The van der Waals surface area contributed by atoms with Crippen molar-refractivity contribution in [1.82, 2.24) is 10.8 Å². The molecular weight excluding hydrogens is 299 g/mol. The number of carbonyl (C=O) groups excluding carboxylic acids is 2. The molecule has 118 valence electrons. The summed E-state index contributed by atoms with van der Waals surface area (Å²) in [6, 6.07) is 5.30. The van der Waals surface area contributed by atoms with Gasteiger partial charge in [-0.1, -0.05) is 12.2 Å². The second kappa shape index (κ2) is 6.48. The van der Waals surface area contributed by atoms with Crippen LogP contribution < -0.4 is 10.8 Å². The number of fused-ring (bicyclic) bond motifs is 1. The molecule has 23 heavy (non-hydrogen) atoms. The summed E-state index contributed by atoms with van der Waals surface area (Å²) in [4.78, 5) is 29.1. The van der Waals surface area contributed by atoms with E-state index in [4.69, 9.17) is 4.84 Å². The Hall–Kier alpha value is -2.89. The fraction of sp³-hybridized carbons (Fsp3) is 0.176. The van der Waals surface area contributed by atoms with E-state index in [-0.39, 0.29) is 11.8 Å². The molecule has 1 aromatic carbocycles. The van der Waals surface area contributed by atoms with Crippen molar-refractivity contribution in [3.63, 3.8) is 0 Å². The summed E-state index contributed by atoms with van der Waals surface area (Å²) in [6.45, 7) is 0.305. The van der Waals surface area contributed by atoms with Gasteiger partial charge in [0.2, 0.25) is 0 Å². The Balaban J connectivity index is 1.63. The first-order valence-electron chi connectivity index (χ1n) is 7.25. The average molecular weight is 314 g/mol. The van der Waals surface area contributed by atoms with Gasteiger partial charge in [-0.3, -0.25) is 9.59 Å². The normalized spacial score (nSPS) is 16.2. The number of hydrogen-bond donors (Lipinski definition) is 2. The Morgan fingerprint density at radius 3 is 2.87 bits per heavy atom. The lowest BCUT2D eigenvalue weighted by atomic mass is 9.96. The molecule has 1 aromatic rings. The summed E-state index contributed by atoms with van der Waals surface area (Å²) in [7, 11) is 0. The fourth-order valence-corrected chi connectivity index (χ4v) is 2.48. The third kappa shape index (κ3) is 3.31. The maximum absolute atomic E-state index is 12.8. The minimum atomic E-state index is -0.392. The zero-order valence-corrected chi connectivity index (χ0v) is 12.3. The fourth-order valence-electron chi connectivity index (χ4n) is 2.48. The van der Waals surface area contributed by atoms with Gasteiger partial charge in [-0.25, -0.2) is 4.39 Å². The molecule has 0 bridgehead atoms. The Kier molecular flexibility index (Phi) is 4.23. The van der Waals surface area contributed by atoms with Gasteiger partial charge in [-0.2, -0.15) is 5.48 Å². The molecule has 0 unspecified atom stereocenters. The maximum atomic E-state index is 12.8. The number of halogens is 1. The molecule has 6 heteroatoms. The molecule has 0 spiro atoms. The number of nitrogens with one attached hydrogen (secondary N) is 2. The van der Waals surface area contributed by atoms with Gasteiger partial charge < -0.3 is 10.2 Å². The van der Waals surface area contributed by atoms with Crippen molar-refractivity contribution in [3.05, 3.63) is 70.8 Å². The first kappa shape index (κ1) is 15.0. The van der Waals surface area contributed by atoms with Crippen molar-refractivity contribution in [2.24, 2.45) is 0 Å². The van der Waals surface area contributed by atoms with Crippen molar-refractivity contribution in [1.29, 1.82) is 0 Å². The minimum Gasteiger partial charge on any atom is -0.379 e. The largest absolute Gasteiger partial charge is 0.379 e. The van der Waals surface area contributed by atoms with Crippen molar-refractivity contribution in [3.8, 4) is 0 Å². The van der Waals surface area contributed by atoms with Gasteiger partial charge in [-0.05, 0) is 43.2 Å². The summed E-state index contributed by atoms with van der Waals surface area (Å²) >= 11 is 0. The van der Waals surface area contributed by atoms with E-state index >= 15 is 0 Å². The number of carbonyl (C=O) groups is 2. The average Bonchev–Trinajstić information content (AvgIpc) is 2.57. The Morgan fingerprint density at radius 2 is 2.09 bits per heavy atom. The molecule has 1 heterocycles. The SMILES string of the molecule is O=C1NOC2=CC=CCC2=C1CCNC(=O)c1ccc(F)cc1. The van der Waals surface area contributed by atoms with E-state index in [2.05, 4.69) is 10.8 Å². The highest BCUT2D eigenvalue weighted by Gasteiger charge is 2.25. The van der Waals surface area contributed by atoms with Crippen LogP contribution in [-0.2, 0) is 9.63 Å². The first-order valence-corrected chi connectivity index (χ1v) is 7.25. The van der Waals surface area contributed by atoms with Crippen LogP contribution in [0.15, 0.2) is 59.4 Å². The van der Waals surface area contributed by atoms with Crippen molar-refractivity contribution < 1.29 is 18.8 Å². The van der Waals surface area contributed by atoms with Crippen LogP contribution in [0.25, 0.3) is 0 Å². The quantitative estimate of drug-likeness (QED) is 0.895. The van der Waals surface area contributed by atoms with Gasteiger partial charge in [0, 0.05) is 23.3 Å². The molecule has 0 saturated carbocycles. The number of hydrogen-bond acceptors (Lipinski definition) is 3. The lowest BCUT2D eigenvalue weighted by Crippen LogP contribution is -2.34. The summed E-state index contributed by atoms with van der Waals surface area (Å²) < 4.78 is 12.8. The standard InChI is InChI=1S/C17H15FN2O3/c18-12-7-5-11(6-8-12)16(21)19-10-9-14-13-3-1-2-4-15(13)23-20-17(14)22/h1-2,4-8H,3,9-10H2,(H,19,21)(H,20,22). The van der Waals surface area contributed by atoms with Crippen molar-refractivity contribution in [2.75, 3.05) is 6.54 Å². The van der Waals surface area contributed by atoms with E-state index in [1.165, 1.54) is 24.3 Å². The molecule has 5 nitrogen and oxygen atoms in total. The van der Waals surface area contributed by atoms with E-state index in [0.717, 1.165) is 5.57 Å². The molecule has 0 fully saturated rings. The van der Waals surface area contributed by atoms with Crippen molar-refractivity contribution in [2.45, 2.75) is 12.8 Å². The van der Waals surface area contributed by atoms with Crippen LogP contribution in [0.5, 0.6) is 0 Å². The van der Waals surface area contributed by atoms with Gasteiger partial charge in [-0.15, -0.1) is 0 Å². The number of hydroxylamine groups is 1. The predicted octanol–water partition coefficient (Wildman–Crippen LogP) is 2.15. The third-order valence-electron chi connectivity index (χ3n) is 3.66. The molecule has 2 aliphatic rings. The van der Waals surface area contributed by atoms with E-state index in [1.807, 2.05) is 12.2 Å². The molecule has 3 rings (SSSR count). The lowest BCUT2D eigenvalue weighted by Gasteiger charge is -2.24. The summed E-state index contributed by atoms with van der Waals surface area (Å²) in [5.41, 5.74) is 4.17. The highest BCUT2D eigenvalue weighted by Crippen LogP contribution is 2.28. The minimum absolute atomic E-state index is 0.288. The summed E-state index contributed by atoms with van der Waals surface area (Å²) in [5, 5.41) is 2.73. The first-order chi connectivity index (χ1) is 11.1. The van der Waals surface area contributed by atoms with Crippen LogP contribution in [0.1, 0.15) is 23.2 Å². The lowest BCUT2D eigenvalue weighted by molar-refractivity contribution is -0.128. The topological polar surface area (TPSA) is 67.4 Å². The Labute approximate surface area is 132 Å². The van der Waals surface area contributed by atoms with Crippen LogP contribution in [0.3, 0.4) is 0 Å². The number of rotatable bonds is 4. The maximum Gasteiger partial charge on any atom is 0.280 e. The summed E-state index contributed by atoms with van der Waals surface area (Å²) in [6.07, 6.45) is 6.61.